The van der Waals surface area contributed by atoms with E-state index in [2.05, 4.69) is 4.98 Å². The van der Waals surface area contributed by atoms with Gasteiger partial charge in [-0.3, -0.25) is 0 Å². The van der Waals surface area contributed by atoms with E-state index in [-0.39, 0.29) is 0 Å². The number of thioether (sulfide) groups is 1. The van der Waals surface area contributed by atoms with Crippen LogP contribution in [0, 0.1) is 0 Å². The number of nitrogen functional groups attached to an aromatic ring is 1. The summed E-state index contributed by atoms with van der Waals surface area (Å²) in [5.74, 6) is 1.45. The number of halogens is 1. The predicted molar refractivity (Wildman–Crippen MR) is 69.7 cm³/mol. The second kappa shape index (κ2) is 5.23. The second-order valence-electron chi connectivity index (χ2n) is 3.33. The molecule has 0 radical (unpaired) electrons. The Morgan fingerprint density at radius 1 is 1.19 bits per heavy atom. The molecule has 1 aromatic heterocycles. The number of nitrogens with two attached hydrogens (primary N) is 1. The zero-order valence-electron chi connectivity index (χ0n) is 8.56. The smallest absolute Gasteiger partial charge is 0.123 e. The highest BCUT2D eigenvalue weighted by Crippen LogP contribution is 2.24. The summed E-state index contributed by atoms with van der Waals surface area (Å²) in [6, 6.07) is 11.7. The van der Waals surface area contributed by atoms with Crippen molar-refractivity contribution < 1.29 is 0 Å². The number of nitrogens with zero attached hydrogens (tertiary/aromatic N) is 1. The fourth-order valence-electron chi connectivity index (χ4n) is 1.28. The normalized spacial score (nSPS) is 10.3. The van der Waals surface area contributed by atoms with E-state index in [0.717, 1.165) is 10.8 Å². The summed E-state index contributed by atoms with van der Waals surface area (Å²) in [5, 5.41) is 0.762. The van der Waals surface area contributed by atoms with Crippen molar-refractivity contribution in [1.82, 2.24) is 4.98 Å². The van der Waals surface area contributed by atoms with Crippen molar-refractivity contribution in [2.45, 2.75) is 10.6 Å². The molecule has 4 heteroatoms. The van der Waals surface area contributed by atoms with Crippen LogP contribution in [0.1, 0.15) is 5.56 Å². The molecule has 0 unspecified atom stereocenters. The third kappa shape index (κ3) is 3.15. The topological polar surface area (TPSA) is 38.9 Å². The first-order valence-corrected chi connectivity index (χ1v) is 6.19. The molecular weight excluding hydrogens is 240 g/mol. The average Bonchev–Trinajstić information content (AvgIpc) is 2.28. The summed E-state index contributed by atoms with van der Waals surface area (Å²) in [6.07, 6.45) is 1.73. The van der Waals surface area contributed by atoms with Gasteiger partial charge in [0.25, 0.3) is 0 Å². The van der Waals surface area contributed by atoms with Crippen LogP contribution in [0.3, 0.4) is 0 Å². The lowest BCUT2D eigenvalue weighted by atomic mass is 10.3. The minimum atomic E-state index is 0.564. The van der Waals surface area contributed by atoms with Crippen LogP contribution >= 0.6 is 23.4 Å². The zero-order valence-corrected chi connectivity index (χ0v) is 10.1. The highest BCUT2D eigenvalue weighted by atomic mass is 35.5. The van der Waals surface area contributed by atoms with Crippen LogP contribution in [-0.2, 0) is 5.75 Å². The second-order valence-corrected chi connectivity index (χ2v) is 4.82. The fraction of sp³-hybridized carbons (Fsp3) is 0.0833. The minimum Gasteiger partial charge on any atom is -0.384 e. The number of pyridine rings is 1. The van der Waals surface area contributed by atoms with E-state index < -0.39 is 0 Å². The molecular formula is C12H11ClN2S. The Morgan fingerprint density at radius 3 is 2.62 bits per heavy atom. The van der Waals surface area contributed by atoms with Crippen LogP contribution in [0.5, 0.6) is 0 Å². The molecule has 0 saturated heterocycles. The highest BCUT2D eigenvalue weighted by molar-refractivity contribution is 7.98. The minimum absolute atomic E-state index is 0.564. The highest BCUT2D eigenvalue weighted by Gasteiger charge is 1.97. The zero-order chi connectivity index (χ0) is 11.4. The van der Waals surface area contributed by atoms with Crippen molar-refractivity contribution in [3.63, 3.8) is 0 Å². The number of anilines is 1. The summed E-state index contributed by atoms with van der Waals surface area (Å²) < 4.78 is 0. The van der Waals surface area contributed by atoms with Gasteiger partial charge in [-0.25, -0.2) is 4.98 Å². The number of hydrogen-bond donors (Lipinski definition) is 1. The molecule has 1 heterocycles. The lowest BCUT2D eigenvalue weighted by Crippen LogP contribution is -1.90. The van der Waals surface area contributed by atoms with Gasteiger partial charge in [-0.2, -0.15) is 0 Å². The first-order chi connectivity index (χ1) is 7.74. The third-order valence-electron chi connectivity index (χ3n) is 2.06. The largest absolute Gasteiger partial charge is 0.384 e. The van der Waals surface area contributed by atoms with E-state index in [1.54, 1.807) is 18.0 Å². The summed E-state index contributed by atoms with van der Waals surface area (Å²) in [5.41, 5.74) is 6.78. The first-order valence-electron chi connectivity index (χ1n) is 4.83. The molecule has 0 amide bonds. The molecule has 2 rings (SSSR count). The Hall–Kier alpha value is -1.19. The lowest BCUT2D eigenvalue weighted by molar-refractivity contribution is 1.28. The maximum atomic E-state index is 5.82. The van der Waals surface area contributed by atoms with Crippen molar-refractivity contribution in [2.24, 2.45) is 0 Å². The molecule has 0 atom stereocenters. The monoisotopic (exact) mass is 250 g/mol. The van der Waals surface area contributed by atoms with Gasteiger partial charge >= 0.3 is 0 Å². The Labute approximate surface area is 104 Å². The van der Waals surface area contributed by atoms with Gasteiger partial charge in [-0.15, -0.1) is 11.8 Å². The molecule has 0 saturated carbocycles. The van der Waals surface area contributed by atoms with E-state index in [1.807, 2.05) is 36.4 Å². The summed E-state index contributed by atoms with van der Waals surface area (Å²) in [7, 11) is 0. The number of aromatic nitrogens is 1. The van der Waals surface area contributed by atoms with Crippen LogP contribution < -0.4 is 5.73 Å². The summed E-state index contributed by atoms with van der Waals surface area (Å²) in [6.45, 7) is 0. The van der Waals surface area contributed by atoms with E-state index in [1.165, 1.54) is 10.5 Å². The molecule has 82 valence electrons. The molecule has 2 nitrogen and oxygen atoms in total. The van der Waals surface area contributed by atoms with E-state index in [9.17, 15) is 0 Å². The molecule has 2 N–H and O–H groups in total. The Bertz CT molecular complexity index is 471. The predicted octanol–water partition coefficient (Wildman–Crippen LogP) is 3.61. The Balaban J connectivity index is 1.99. The van der Waals surface area contributed by atoms with Crippen LogP contribution in [0.2, 0.25) is 5.02 Å². The third-order valence-corrected chi connectivity index (χ3v) is 3.40. The van der Waals surface area contributed by atoms with E-state index in [0.29, 0.717) is 5.82 Å². The van der Waals surface area contributed by atoms with Gasteiger partial charge in [0.1, 0.15) is 5.82 Å². The first kappa shape index (κ1) is 11.3. The van der Waals surface area contributed by atoms with Crippen LogP contribution in [0.25, 0.3) is 0 Å². The van der Waals surface area contributed by atoms with Crippen LogP contribution in [-0.4, -0.2) is 4.98 Å². The summed E-state index contributed by atoms with van der Waals surface area (Å²) >= 11 is 7.56. The van der Waals surface area contributed by atoms with Crippen molar-refractivity contribution >= 4 is 29.2 Å². The van der Waals surface area contributed by atoms with E-state index >= 15 is 0 Å². The molecule has 16 heavy (non-hydrogen) atoms. The maximum Gasteiger partial charge on any atom is 0.123 e. The van der Waals surface area contributed by atoms with Crippen molar-refractivity contribution in [1.29, 1.82) is 0 Å². The average molecular weight is 251 g/mol. The SMILES string of the molecule is Nc1cc(CSc2ccc(Cl)cc2)ccn1. The van der Waals surface area contributed by atoms with Gasteiger partial charge in [0.05, 0.1) is 0 Å². The molecule has 0 aliphatic rings. The molecule has 1 aromatic carbocycles. The maximum absolute atomic E-state index is 5.82. The van der Waals surface area contributed by atoms with Gasteiger partial charge in [0.2, 0.25) is 0 Å². The molecule has 0 aliphatic heterocycles. The molecule has 0 fully saturated rings. The van der Waals surface area contributed by atoms with Gasteiger partial charge < -0.3 is 5.73 Å². The van der Waals surface area contributed by atoms with Gasteiger partial charge in [-0.1, -0.05) is 11.6 Å². The molecule has 0 spiro atoms. The number of hydrogen-bond acceptors (Lipinski definition) is 3. The fourth-order valence-corrected chi connectivity index (χ4v) is 2.25. The molecule has 2 aromatic rings. The quantitative estimate of drug-likeness (QED) is 0.846. The van der Waals surface area contributed by atoms with Crippen molar-refractivity contribution in [3.05, 3.63) is 53.2 Å². The molecule has 0 aliphatic carbocycles. The van der Waals surface area contributed by atoms with Gasteiger partial charge in [0.15, 0.2) is 0 Å². The van der Waals surface area contributed by atoms with E-state index in [4.69, 9.17) is 17.3 Å². The number of rotatable bonds is 3. The van der Waals surface area contributed by atoms with Crippen molar-refractivity contribution in [2.75, 3.05) is 5.73 Å². The summed E-state index contributed by atoms with van der Waals surface area (Å²) in [4.78, 5) is 5.15. The lowest BCUT2D eigenvalue weighted by Gasteiger charge is -2.02. The standard InChI is InChI=1S/C12H11ClN2S/c13-10-1-3-11(4-2-10)16-8-9-5-6-15-12(14)7-9/h1-7H,8H2,(H2,14,15). The molecule has 0 bridgehead atoms. The van der Waals surface area contributed by atoms with Crippen LogP contribution in [0.15, 0.2) is 47.5 Å². The van der Waals surface area contributed by atoms with Gasteiger partial charge in [0, 0.05) is 21.9 Å². The van der Waals surface area contributed by atoms with Gasteiger partial charge in [-0.05, 0) is 42.0 Å². The Morgan fingerprint density at radius 2 is 1.94 bits per heavy atom. The van der Waals surface area contributed by atoms with Crippen molar-refractivity contribution in [3.8, 4) is 0 Å². The van der Waals surface area contributed by atoms with Crippen LogP contribution in [0.4, 0.5) is 5.82 Å². The number of benzene rings is 1. The Kier molecular flexibility index (Phi) is 3.70.